The minimum absolute atomic E-state index is 0.0931. The summed E-state index contributed by atoms with van der Waals surface area (Å²) in [6.45, 7) is 2.87. The van der Waals surface area contributed by atoms with Gasteiger partial charge in [0.25, 0.3) is 5.91 Å². The summed E-state index contributed by atoms with van der Waals surface area (Å²) in [4.78, 5) is 18.4. The summed E-state index contributed by atoms with van der Waals surface area (Å²) in [6, 6.07) is 11.3. The lowest BCUT2D eigenvalue weighted by Crippen LogP contribution is -2.28. The van der Waals surface area contributed by atoms with E-state index in [1.807, 2.05) is 41.8 Å². The lowest BCUT2D eigenvalue weighted by atomic mass is 10.1. The van der Waals surface area contributed by atoms with Gasteiger partial charge in [-0.25, -0.2) is 5.01 Å². The number of furan rings is 1. The van der Waals surface area contributed by atoms with E-state index in [0.29, 0.717) is 11.6 Å². The van der Waals surface area contributed by atoms with Crippen LogP contribution < -0.4 is 0 Å². The predicted molar refractivity (Wildman–Crippen MR) is 128 cm³/mol. The van der Waals surface area contributed by atoms with Gasteiger partial charge >= 0.3 is 0 Å². The molecule has 5 heterocycles. The van der Waals surface area contributed by atoms with Gasteiger partial charge in [0.1, 0.15) is 11.8 Å². The number of amides is 1. The van der Waals surface area contributed by atoms with Crippen molar-refractivity contribution in [1.29, 1.82) is 0 Å². The van der Waals surface area contributed by atoms with Crippen molar-refractivity contribution in [2.24, 2.45) is 5.10 Å². The van der Waals surface area contributed by atoms with E-state index in [1.165, 1.54) is 11.8 Å². The molecule has 1 amide bonds. The maximum absolute atomic E-state index is 13.3. The Bertz CT molecular complexity index is 1240. The molecule has 8 nitrogen and oxygen atoms in total. The van der Waals surface area contributed by atoms with Crippen molar-refractivity contribution in [1.82, 2.24) is 24.8 Å². The van der Waals surface area contributed by atoms with Gasteiger partial charge in [0.05, 0.1) is 22.6 Å². The number of thioether (sulfide) groups is 1. The second-order valence-electron chi connectivity index (χ2n) is 7.48. The quantitative estimate of drug-likeness (QED) is 0.336. The number of aromatic nitrogens is 4. The summed E-state index contributed by atoms with van der Waals surface area (Å²) in [5.74, 6) is 1.63. The Morgan fingerprint density at radius 3 is 2.82 bits per heavy atom. The van der Waals surface area contributed by atoms with Gasteiger partial charge in [-0.3, -0.25) is 9.78 Å². The molecular weight excluding hydrogens is 456 g/mol. The molecule has 0 N–H and O–H groups in total. The van der Waals surface area contributed by atoms with Crippen LogP contribution in [0.4, 0.5) is 0 Å². The number of nitrogens with zero attached hydrogens (tertiary/aromatic N) is 6. The molecule has 0 bridgehead atoms. The van der Waals surface area contributed by atoms with Crippen LogP contribution in [0.25, 0.3) is 11.4 Å². The van der Waals surface area contributed by atoms with Crippen molar-refractivity contribution >= 4 is 34.7 Å². The molecule has 0 saturated carbocycles. The molecule has 4 aromatic heterocycles. The Hall–Kier alpha value is -3.24. The molecule has 33 heavy (non-hydrogen) atoms. The highest BCUT2D eigenvalue weighted by atomic mass is 32.2. The van der Waals surface area contributed by atoms with Crippen LogP contribution in [0.1, 0.15) is 36.4 Å². The zero-order valence-electron chi connectivity index (χ0n) is 18.0. The monoisotopic (exact) mass is 478 g/mol. The number of hydrogen-bond acceptors (Lipinski definition) is 8. The van der Waals surface area contributed by atoms with Crippen molar-refractivity contribution in [3.63, 3.8) is 0 Å². The molecule has 5 rings (SSSR count). The van der Waals surface area contributed by atoms with Gasteiger partial charge in [0.2, 0.25) is 0 Å². The minimum atomic E-state index is -0.244. The largest absolute Gasteiger partial charge is 0.467 e. The van der Waals surface area contributed by atoms with Crippen molar-refractivity contribution < 1.29 is 9.21 Å². The van der Waals surface area contributed by atoms with E-state index < -0.39 is 0 Å². The van der Waals surface area contributed by atoms with E-state index in [2.05, 4.69) is 31.8 Å². The van der Waals surface area contributed by atoms with E-state index in [0.717, 1.165) is 40.7 Å². The molecule has 10 heteroatoms. The Morgan fingerprint density at radius 1 is 1.21 bits per heavy atom. The predicted octanol–water partition coefficient (Wildman–Crippen LogP) is 4.87. The van der Waals surface area contributed by atoms with E-state index in [1.54, 1.807) is 35.0 Å². The molecule has 168 valence electrons. The fourth-order valence-electron chi connectivity index (χ4n) is 3.76. The molecule has 1 aliphatic heterocycles. The van der Waals surface area contributed by atoms with Crippen LogP contribution in [-0.2, 0) is 11.3 Å². The van der Waals surface area contributed by atoms with Gasteiger partial charge in [-0.1, -0.05) is 24.8 Å². The Balaban J connectivity index is 1.36. The van der Waals surface area contributed by atoms with Gasteiger partial charge in [0.15, 0.2) is 11.0 Å². The highest BCUT2D eigenvalue weighted by molar-refractivity contribution is 7.99. The van der Waals surface area contributed by atoms with Crippen LogP contribution in [-0.4, -0.2) is 42.1 Å². The highest BCUT2D eigenvalue weighted by Crippen LogP contribution is 2.35. The lowest BCUT2D eigenvalue weighted by Gasteiger charge is -2.19. The molecule has 0 saturated heterocycles. The molecule has 1 atom stereocenters. The van der Waals surface area contributed by atoms with Gasteiger partial charge in [0, 0.05) is 30.9 Å². The highest BCUT2D eigenvalue weighted by Gasteiger charge is 2.35. The van der Waals surface area contributed by atoms with E-state index in [4.69, 9.17) is 4.42 Å². The molecule has 0 aromatic carbocycles. The first-order valence-corrected chi connectivity index (χ1v) is 12.5. The summed E-state index contributed by atoms with van der Waals surface area (Å²) < 4.78 is 7.68. The fraction of sp³-hybridized carbons (Fsp3) is 0.261. The smallest absolute Gasteiger partial charge is 0.253 e. The van der Waals surface area contributed by atoms with Crippen molar-refractivity contribution in [3.8, 4) is 11.4 Å². The standard InChI is InChI=1S/C23H22N6O2S2/c1-2-11-28-22(16-7-9-24-10-8-16)25-26-23(28)33-15-21(30)29-18(19-5-3-12-31-19)14-17(27-29)20-6-4-13-32-20/h3-10,12-13,18H,2,11,14-15H2,1H3. The van der Waals surface area contributed by atoms with E-state index >= 15 is 0 Å². The first kappa shape index (κ1) is 21.6. The lowest BCUT2D eigenvalue weighted by molar-refractivity contribution is -0.130. The summed E-state index contributed by atoms with van der Waals surface area (Å²) in [7, 11) is 0. The van der Waals surface area contributed by atoms with Crippen LogP contribution >= 0.6 is 23.1 Å². The summed E-state index contributed by atoms with van der Waals surface area (Å²) in [6.07, 6.45) is 6.66. The molecule has 0 fully saturated rings. The van der Waals surface area contributed by atoms with Crippen LogP contribution in [0.3, 0.4) is 0 Å². The minimum Gasteiger partial charge on any atom is -0.467 e. The molecule has 4 aromatic rings. The first-order valence-electron chi connectivity index (χ1n) is 10.7. The molecule has 0 aliphatic carbocycles. The third-order valence-electron chi connectivity index (χ3n) is 5.27. The normalized spacial score (nSPS) is 15.7. The Kier molecular flexibility index (Phi) is 6.36. The number of pyridine rings is 1. The first-order chi connectivity index (χ1) is 16.2. The number of hydrogen-bond donors (Lipinski definition) is 0. The van der Waals surface area contributed by atoms with Crippen molar-refractivity contribution in [2.45, 2.75) is 37.5 Å². The Labute approximate surface area is 199 Å². The third kappa shape index (κ3) is 4.49. The zero-order valence-corrected chi connectivity index (χ0v) is 19.6. The average Bonchev–Trinajstić information content (AvgIpc) is 3.64. The van der Waals surface area contributed by atoms with E-state index in [9.17, 15) is 4.79 Å². The van der Waals surface area contributed by atoms with Crippen molar-refractivity contribution in [2.75, 3.05) is 5.75 Å². The number of thiophene rings is 1. The molecule has 1 unspecified atom stereocenters. The fourth-order valence-corrected chi connectivity index (χ4v) is 5.30. The van der Waals surface area contributed by atoms with Gasteiger partial charge in [-0.15, -0.1) is 21.5 Å². The third-order valence-corrected chi connectivity index (χ3v) is 7.14. The molecule has 1 aliphatic rings. The summed E-state index contributed by atoms with van der Waals surface area (Å²) in [5, 5.41) is 17.7. The van der Waals surface area contributed by atoms with Gasteiger partial charge < -0.3 is 8.98 Å². The second-order valence-corrected chi connectivity index (χ2v) is 9.37. The van der Waals surface area contributed by atoms with Gasteiger partial charge in [-0.05, 0) is 42.1 Å². The zero-order chi connectivity index (χ0) is 22.6. The Morgan fingerprint density at radius 2 is 2.09 bits per heavy atom. The maximum Gasteiger partial charge on any atom is 0.253 e. The number of rotatable bonds is 8. The van der Waals surface area contributed by atoms with Crippen LogP contribution in [0.5, 0.6) is 0 Å². The molecule has 0 spiro atoms. The van der Waals surface area contributed by atoms with Crippen LogP contribution in [0.15, 0.2) is 75.1 Å². The number of carbonyl (C=O) groups is 1. The average molecular weight is 479 g/mol. The maximum atomic E-state index is 13.3. The van der Waals surface area contributed by atoms with Crippen LogP contribution in [0, 0.1) is 0 Å². The SMILES string of the molecule is CCCn1c(SCC(=O)N2N=C(c3cccs3)CC2c2ccco2)nnc1-c1ccncc1. The topological polar surface area (TPSA) is 89.4 Å². The molecular formula is C23H22N6O2S2. The summed E-state index contributed by atoms with van der Waals surface area (Å²) in [5.41, 5.74) is 1.85. The van der Waals surface area contributed by atoms with Crippen molar-refractivity contribution in [3.05, 3.63) is 71.1 Å². The van der Waals surface area contributed by atoms with E-state index in [-0.39, 0.29) is 17.7 Å². The van der Waals surface area contributed by atoms with Gasteiger partial charge in [-0.2, -0.15) is 5.10 Å². The number of hydrazone groups is 1. The number of carbonyl (C=O) groups excluding carboxylic acids is 1. The molecule has 0 radical (unpaired) electrons. The summed E-state index contributed by atoms with van der Waals surface area (Å²) >= 11 is 3.00. The van der Waals surface area contributed by atoms with Crippen LogP contribution in [0.2, 0.25) is 0 Å². The second kappa shape index (κ2) is 9.72.